The molecular weight excluding hydrogens is 239 g/mol. The number of anilines is 1. The van der Waals surface area contributed by atoms with Crippen LogP contribution in [0.15, 0.2) is 42.5 Å². The molecule has 1 unspecified atom stereocenters. The van der Waals surface area contributed by atoms with Gasteiger partial charge in [0.05, 0.1) is 17.3 Å². The minimum absolute atomic E-state index is 0.344. The van der Waals surface area contributed by atoms with Gasteiger partial charge in [0.2, 0.25) is 0 Å². The fourth-order valence-corrected chi connectivity index (χ4v) is 2.51. The van der Waals surface area contributed by atoms with E-state index < -0.39 is 0 Å². The summed E-state index contributed by atoms with van der Waals surface area (Å²) in [5.41, 5.74) is 3.54. The summed E-state index contributed by atoms with van der Waals surface area (Å²) in [5, 5.41) is 11.8. The van der Waals surface area contributed by atoms with Crippen molar-refractivity contribution in [1.29, 1.82) is 5.26 Å². The van der Waals surface area contributed by atoms with E-state index in [4.69, 9.17) is 5.26 Å². The number of nitriles is 1. The summed E-state index contributed by atoms with van der Waals surface area (Å²) in [6, 6.07) is 14.8. The van der Waals surface area contributed by atoms with E-state index in [1.54, 1.807) is 12.1 Å². The fraction of sp³-hybridized carbons (Fsp3) is 0.188. The zero-order chi connectivity index (χ0) is 13.2. The van der Waals surface area contributed by atoms with Crippen LogP contribution in [-0.2, 0) is 6.42 Å². The third kappa shape index (κ3) is 2.17. The van der Waals surface area contributed by atoms with Gasteiger partial charge in [0.1, 0.15) is 5.82 Å². The lowest BCUT2D eigenvalue weighted by Gasteiger charge is -2.30. The van der Waals surface area contributed by atoms with Crippen molar-refractivity contribution in [3.8, 4) is 6.07 Å². The van der Waals surface area contributed by atoms with Crippen molar-refractivity contribution in [2.24, 2.45) is 0 Å². The van der Waals surface area contributed by atoms with Gasteiger partial charge in [-0.3, -0.25) is 0 Å². The van der Waals surface area contributed by atoms with Gasteiger partial charge < -0.3 is 5.32 Å². The number of halogens is 1. The number of benzene rings is 2. The molecule has 1 N–H and O–H groups in total. The summed E-state index contributed by atoms with van der Waals surface area (Å²) < 4.78 is 13.7. The van der Waals surface area contributed by atoms with Gasteiger partial charge in [-0.1, -0.05) is 24.3 Å². The Balaban J connectivity index is 1.67. The normalized spacial score (nSPS) is 16.1. The number of hydrogen-bond acceptors (Lipinski definition) is 2. The summed E-state index contributed by atoms with van der Waals surface area (Å²) in [6.07, 6.45) is 1.04. The lowest BCUT2D eigenvalue weighted by molar-refractivity contribution is 0.614. The van der Waals surface area contributed by atoms with Crippen LogP contribution in [0.4, 0.5) is 10.1 Å². The highest BCUT2D eigenvalue weighted by molar-refractivity contribution is 5.50. The molecule has 3 heteroatoms. The topological polar surface area (TPSA) is 35.8 Å². The Hall–Kier alpha value is -2.34. The SMILES string of the molecule is N#Cc1ccc(NCC2Cc3ccccc32)c(F)c1. The van der Waals surface area contributed by atoms with Crippen LogP contribution in [0.1, 0.15) is 22.6 Å². The van der Waals surface area contributed by atoms with Crippen LogP contribution in [0.3, 0.4) is 0 Å². The number of fused-ring (bicyclic) bond motifs is 1. The maximum Gasteiger partial charge on any atom is 0.147 e. The molecule has 0 bridgehead atoms. The molecule has 0 radical (unpaired) electrons. The highest BCUT2D eigenvalue weighted by atomic mass is 19.1. The molecule has 0 spiro atoms. The monoisotopic (exact) mass is 252 g/mol. The van der Waals surface area contributed by atoms with Crippen molar-refractivity contribution in [1.82, 2.24) is 0 Å². The Kier molecular flexibility index (Phi) is 2.92. The van der Waals surface area contributed by atoms with E-state index >= 15 is 0 Å². The molecule has 1 aliphatic rings. The first-order valence-electron chi connectivity index (χ1n) is 6.29. The smallest absolute Gasteiger partial charge is 0.147 e. The van der Waals surface area contributed by atoms with Gasteiger partial charge in [-0.25, -0.2) is 4.39 Å². The summed E-state index contributed by atoms with van der Waals surface area (Å²) in [5.74, 6) is 0.0814. The minimum atomic E-state index is -0.369. The molecule has 19 heavy (non-hydrogen) atoms. The summed E-state index contributed by atoms with van der Waals surface area (Å²) in [4.78, 5) is 0. The van der Waals surface area contributed by atoms with Gasteiger partial charge in [0.25, 0.3) is 0 Å². The van der Waals surface area contributed by atoms with E-state index in [2.05, 4.69) is 17.4 Å². The molecule has 2 aromatic carbocycles. The molecule has 94 valence electrons. The maximum absolute atomic E-state index is 13.7. The molecular formula is C16H13FN2. The van der Waals surface area contributed by atoms with Gasteiger partial charge in [0.15, 0.2) is 0 Å². The van der Waals surface area contributed by atoms with Crippen LogP contribution in [0.25, 0.3) is 0 Å². The second-order valence-electron chi connectivity index (χ2n) is 4.79. The van der Waals surface area contributed by atoms with Gasteiger partial charge in [0, 0.05) is 12.5 Å². The molecule has 3 rings (SSSR count). The summed E-state index contributed by atoms with van der Waals surface area (Å²) in [7, 11) is 0. The number of hydrogen-bond donors (Lipinski definition) is 1. The molecule has 0 heterocycles. The third-order valence-electron chi connectivity index (χ3n) is 3.60. The van der Waals surface area contributed by atoms with E-state index in [1.165, 1.54) is 17.2 Å². The van der Waals surface area contributed by atoms with E-state index in [0.717, 1.165) is 13.0 Å². The average molecular weight is 252 g/mol. The van der Waals surface area contributed by atoms with Crippen molar-refractivity contribution in [3.63, 3.8) is 0 Å². The summed E-state index contributed by atoms with van der Waals surface area (Å²) >= 11 is 0. The zero-order valence-electron chi connectivity index (χ0n) is 10.4. The lowest BCUT2D eigenvalue weighted by Crippen LogP contribution is -2.24. The highest BCUT2D eigenvalue weighted by Crippen LogP contribution is 2.34. The standard InChI is InChI=1S/C16H13FN2/c17-15-7-11(9-18)5-6-16(15)19-10-13-8-12-3-1-2-4-14(12)13/h1-7,13,19H,8,10H2. The first kappa shape index (κ1) is 11.7. The van der Waals surface area contributed by atoms with Gasteiger partial charge in [-0.15, -0.1) is 0 Å². The van der Waals surface area contributed by atoms with Gasteiger partial charge in [-0.05, 0) is 35.7 Å². The van der Waals surface area contributed by atoms with E-state index in [1.807, 2.05) is 18.2 Å². The molecule has 0 fully saturated rings. The van der Waals surface area contributed by atoms with Crippen molar-refractivity contribution >= 4 is 5.69 Å². The Morgan fingerprint density at radius 3 is 2.84 bits per heavy atom. The van der Waals surface area contributed by atoms with Gasteiger partial charge >= 0.3 is 0 Å². The molecule has 0 aromatic heterocycles. The second-order valence-corrected chi connectivity index (χ2v) is 4.79. The number of nitrogens with one attached hydrogen (secondary N) is 1. The number of rotatable bonds is 3. The Morgan fingerprint density at radius 2 is 2.11 bits per heavy atom. The van der Waals surface area contributed by atoms with Crippen LogP contribution in [-0.4, -0.2) is 6.54 Å². The van der Waals surface area contributed by atoms with Crippen molar-refractivity contribution < 1.29 is 4.39 Å². The molecule has 0 aliphatic heterocycles. The zero-order valence-corrected chi connectivity index (χ0v) is 10.4. The van der Waals surface area contributed by atoms with Crippen LogP contribution >= 0.6 is 0 Å². The van der Waals surface area contributed by atoms with Crippen LogP contribution in [0, 0.1) is 17.1 Å². The van der Waals surface area contributed by atoms with E-state index in [-0.39, 0.29) is 5.82 Å². The first-order valence-corrected chi connectivity index (χ1v) is 6.29. The number of nitrogens with zero attached hydrogens (tertiary/aromatic N) is 1. The largest absolute Gasteiger partial charge is 0.382 e. The molecule has 1 aliphatic carbocycles. The van der Waals surface area contributed by atoms with Crippen molar-refractivity contribution in [2.45, 2.75) is 12.3 Å². The fourth-order valence-electron chi connectivity index (χ4n) is 2.51. The predicted molar refractivity (Wildman–Crippen MR) is 72.5 cm³/mol. The maximum atomic E-state index is 13.7. The predicted octanol–water partition coefficient (Wildman–Crippen LogP) is 3.45. The molecule has 0 amide bonds. The molecule has 1 atom stereocenters. The van der Waals surface area contributed by atoms with E-state index in [9.17, 15) is 4.39 Å². The molecule has 2 aromatic rings. The van der Waals surface area contributed by atoms with Crippen LogP contribution in [0.2, 0.25) is 0 Å². The van der Waals surface area contributed by atoms with Crippen molar-refractivity contribution in [3.05, 3.63) is 65.0 Å². The highest BCUT2D eigenvalue weighted by Gasteiger charge is 2.25. The van der Waals surface area contributed by atoms with Crippen LogP contribution < -0.4 is 5.32 Å². The lowest BCUT2D eigenvalue weighted by atomic mass is 9.77. The van der Waals surface area contributed by atoms with Gasteiger partial charge in [-0.2, -0.15) is 5.26 Å². The summed E-state index contributed by atoms with van der Waals surface area (Å²) in [6.45, 7) is 0.722. The van der Waals surface area contributed by atoms with Crippen LogP contribution in [0.5, 0.6) is 0 Å². The molecule has 2 nitrogen and oxygen atoms in total. The first-order chi connectivity index (χ1) is 9.28. The van der Waals surface area contributed by atoms with Crippen molar-refractivity contribution in [2.75, 3.05) is 11.9 Å². The molecule has 0 saturated heterocycles. The van der Waals surface area contributed by atoms with E-state index in [0.29, 0.717) is 17.2 Å². The Bertz CT molecular complexity index is 658. The average Bonchev–Trinajstić information content (AvgIpc) is 2.41. The Morgan fingerprint density at radius 1 is 1.26 bits per heavy atom. The third-order valence-corrected chi connectivity index (χ3v) is 3.60. The molecule has 0 saturated carbocycles. The quantitative estimate of drug-likeness (QED) is 0.908. The second kappa shape index (κ2) is 4.74. The Labute approximate surface area is 111 Å². The minimum Gasteiger partial charge on any atom is -0.382 e.